The third kappa shape index (κ3) is 1.28. The number of hydrogen-bond acceptors (Lipinski definition) is 3. The minimum atomic E-state index is 0.543. The molecule has 0 atom stereocenters. The molecular formula is C10H11N3. The molecule has 0 aliphatic heterocycles. The summed E-state index contributed by atoms with van der Waals surface area (Å²) in [5, 5.41) is 4.10. The topological polar surface area (TPSA) is 50.9 Å². The summed E-state index contributed by atoms with van der Waals surface area (Å²) in [7, 11) is 1.84. The molecule has 0 radical (unpaired) electrons. The molecule has 0 amide bonds. The van der Waals surface area contributed by atoms with Gasteiger partial charge >= 0.3 is 0 Å². The van der Waals surface area contributed by atoms with Crippen LogP contribution in [0.5, 0.6) is 0 Å². The molecule has 0 saturated heterocycles. The molecule has 2 rings (SSSR count). The Bertz CT molecular complexity index is 437. The number of nitrogens with two attached hydrogens (primary N) is 1. The highest BCUT2D eigenvalue weighted by atomic mass is 14.9. The largest absolute Gasteiger partial charge is 0.385 e. The molecule has 1 heterocycles. The molecule has 0 fully saturated rings. The fraction of sp³-hybridized carbons (Fsp3) is 0.100. The highest BCUT2D eigenvalue weighted by Gasteiger charge is 2.00. The van der Waals surface area contributed by atoms with Gasteiger partial charge < -0.3 is 11.1 Å². The van der Waals surface area contributed by atoms with Gasteiger partial charge in [0.1, 0.15) is 5.82 Å². The Morgan fingerprint density at radius 3 is 2.85 bits per heavy atom. The Labute approximate surface area is 76.6 Å². The van der Waals surface area contributed by atoms with Gasteiger partial charge in [0, 0.05) is 12.4 Å². The van der Waals surface area contributed by atoms with E-state index < -0.39 is 0 Å². The highest BCUT2D eigenvalue weighted by Crippen LogP contribution is 2.21. The molecule has 1 aromatic carbocycles. The van der Waals surface area contributed by atoms with E-state index in [-0.39, 0.29) is 0 Å². The Kier molecular flexibility index (Phi) is 1.77. The number of aromatic nitrogens is 1. The first-order chi connectivity index (χ1) is 6.31. The van der Waals surface area contributed by atoms with Crippen molar-refractivity contribution in [2.75, 3.05) is 18.1 Å². The zero-order chi connectivity index (χ0) is 9.26. The van der Waals surface area contributed by atoms with Gasteiger partial charge in [-0.25, -0.2) is 4.98 Å². The zero-order valence-electron chi connectivity index (χ0n) is 7.41. The summed E-state index contributed by atoms with van der Waals surface area (Å²) in [5.74, 6) is 0.543. The summed E-state index contributed by atoms with van der Waals surface area (Å²) in [5.41, 5.74) is 7.53. The van der Waals surface area contributed by atoms with Crippen molar-refractivity contribution in [3.63, 3.8) is 0 Å². The number of nitrogens with zero attached hydrogens (tertiary/aromatic N) is 1. The fourth-order valence-electron chi connectivity index (χ4n) is 1.33. The van der Waals surface area contributed by atoms with Gasteiger partial charge in [0.05, 0.1) is 11.2 Å². The summed E-state index contributed by atoms with van der Waals surface area (Å²) in [4.78, 5) is 4.26. The number of hydrogen-bond donors (Lipinski definition) is 2. The molecule has 0 spiro atoms. The van der Waals surface area contributed by atoms with Crippen LogP contribution in [-0.4, -0.2) is 12.0 Å². The van der Waals surface area contributed by atoms with Crippen LogP contribution in [0.25, 0.3) is 10.9 Å². The minimum absolute atomic E-state index is 0.543. The predicted molar refractivity (Wildman–Crippen MR) is 55.7 cm³/mol. The van der Waals surface area contributed by atoms with Gasteiger partial charge in [0.25, 0.3) is 0 Å². The van der Waals surface area contributed by atoms with Gasteiger partial charge in [0.2, 0.25) is 0 Å². The van der Waals surface area contributed by atoms with Crippen molar-refractivity contribution in [2.45, 2.75) is 0 Å². The Hall–Kier alpha value is -1.77. The second-order valence-corrected chi connectivity index (χ2v) is 2.86. The lowest BCUT2D eigenvalue weighted by molar-refractivity contribution is 1.38. The van der Waals surface area contributed by atoms with Crippen LogP contribution in [0.2, 0.25) is 0 Å². The molecule has 2 aromatic rings. The highest BCUT2D eigenvalue weighted by molar-refractivity contribution is 5.85. The predicted octanol–water partition coefficient (Wildman–Crippen LogP) is 1.86. The molecule has 13 heavy (non-hydrogen) atoms. The SMILES string of the molecule is CNc1cc2ccccc2nc1N. The molecule has 0 aliphatic carbocycles. The van der Waals surface area contributed by atoms with E-state index >= 15 is 0 Å². The molecular weight excluding hydrogens is 162 g/mol. The molecule has 0 bridgehead atoms. The van der Waals surface area contributed by atoms with Gasteiger partial charge in [0.15, 0.2) is 0 Å². The van der Waals surface area contributed by atoms with Crippen LogP contribution in [-0.2, 0) is 0 Å². The number of pyridine rings is 1. The molecule has 1 aromatic heterocycles. The van der Waals surface area contributed by atoms with Crippen LogP contribution in [0.4, 0.5) is 11.5 Å². The van der Waals surface area contributed by atoms with Crippen molar-refractivity contribution in [1.82, 2.24) is 4.98 Å². The Morgan fingerprint density at radius 1 is 1.31 bits per heavy atom. The summed E-state index contributed by atoms with van der Waals surface area (Å²) in [6.45, 7) is 0. The number of nitrogens with one attached hydrogen (secondary N) is 1. The van der Waals surface area contributed by atoms with Crippen molar-refractivity contribution in [3.8, 4) is 0 Å². The molecule has 3 nitrogen and oxygen atoms in total. The number of fused-ring (bicyclic) bond motifs is 1. The first kappa shape index (κ1) is 7.86. The van der Waals surface area contributed by atoms with Gasteiger partial charge in [-0.2, -0.15) is 0 Å². The second-order valence-electron chi connectivity index (χ2n) is 2.86. The standard InChI is InChI=1S/C10H11N3/c1-12-9-6-7-4-2-3-5-8(7)13-10(9)11/h2-6,12H,1H3,(H2,11,13). The van der Waals surface area contributed by atoms with E-state index in [2.05, 4.69) is 10.3 Å². The molecule has 3 heteroatoms. The molecule has 0 unspecified atom stereocenters. The van der Waals surface area contributed by atoms with E-state index in [4.69, 9.17) is 5.73 Å². The van der Waals surface area contributed by atoms with Gasteiger partial charge in [-0.15, -0.1) is 0 Å². The molecule has 0 aliphatic rings. The first-order valence-corrected chi connectivity index (χ1v) is 4.14. The third-order valence-corrected chi connectivity index (χ3v) is 2.02. The first-order valence-electron chi connectivity index (χ1n) is 4.14. The second kappa shape index (κ2) is 2.94. The maximum absolute atomic E-state index is 5.72. The Balaban J connectivity index is 2.74. The van der Waals surface area contributed by atoms with Crippen LogP contribution < -0.4 is 11.1 Å². The summed E-state index contributed by atoms with van der Waals surface area (Å²) >= 11 is 0. The quantitative estimate of drug-likeness (QED) is 0.692. The van der Waals surface area contributed by atoms with Crippen molar-refractivity contribution in [3.05, 3.63) is 30.3 Å². The van der Waals surface area contributed by atoms with E-state index in [9.17, 15) is 0 Å². The van der Waals surface area contributed by atoms with Crippen molar-refractivity contribution in [2.24, 2.45) is 0 Å². The average molecular weight is 173 g/mol. The fourth-order valence-corrected chi connectivity index (χ4v) is 1.33. The van der Waals surface area contributed by atoms with Crippen LogP contribution in [0.3, 0.4) is 0 Å². The van der Waals surface area contributed by atoms with Crippen LogP contribution in [0.15, 0.2) is 30.3 Å². The summed E-state index contributed by atoms with van der Waals surface area (Å²) < 4.78 is 0. The van der Waals surface area contributed by atoms with E-state index in [1.54, 1.807) is 0 Å². The van der Waals surface area contributed by atoms with Crippen LogP contribution >= 0.6 is 0 Å². The minimum Gasteiger partial charge on any atom is -0.385 e. The third-order valence-electron chi connectivity index (χ3n) is 2.02. The number of rotatable bonds is 1. The summed E-state index contributed by atoms with van der Waals surface area (Å²) in [6, 6.07) is 9.90. The van der Waals surface area contributed by atoms with Gasteiger partial charge in [-0.3, -0.25) is 0 Å². The smallest absolute Gasteiger partial charge is 0.147 e. The van der Waals surface area contributed by atoms with Gasteiger partial charge in [-0.1, -0.05) is 18.2 Å². The average Bonchev–Trinajstić information content (AvgIpc) is 2.17. The normalized spacial score (nSPS) is 10.2. The zero-order valence-corrected chi connectivity index (χ0v) is 7.41. The number of anilines is 2. The lowest BCUT2D eigenvalue weighted by atomic mass is 10.2. The number of para-hydroxylation sites is 1. The molecule has 0 saturated carbocycles. The maximum Gasteiger partial charge on any atom is 0.147 e. The van der Waals surface area contributed by atoms with Crippen molar-refractivity contribution in [1.29, 1.82) is 0 Å². The monoisotopic (exact) mass is 173 g/mol. The molecule has 3 N–H and O–H groups in total. The Morgan fingerprint density at radius 2 is 2.08 bits per heavy atom. The van der Waals surface area contributed by atoms with E-state index in [1.807, 2.05) is 37.4 Å². The van der Waals surface area contributed by atoms with Crippen LogP contribution in [0, 0.1) is 0 Å². The van der Waals surface area contributed by atoms with E-state index in [0.717, 1.165) is 16.6 Å². The maximum atomic E-state index is 5.72. The van der Waals surface area contributed by atoms with E-state index in [1.165, 1.54) is 0 Å². The number of nitrogen functional groups attached to an aromatic ring is 1. The van der Waals surface area contributed by atoms with E-state index in [0.29, 0.717) is 5.82 Å². The number of benzene rings is 1. The van der Waals surface area contributed by atoms with Gasteiger partial charge in [-0.05, 0) is 12.1 Å². The lowest BCUT2D eigenvalue weighted by Gasteiger charge is -2.05. The van der Waals surface area contributed by atoms with Crippen molar-refractivity contribution >= 4 is 22.4 Å². The summed E-state index contributed by atoms with van der Waals surface area (Å²) in [6.07, 6.45) is 0. The lowest BCUT2D eigenvalue weighted by Crippen LogP contribution is -1.98. The van der Waals surface area contributed by atoms with Crippen LogP contribution in [0.1, 0.15) is 0 Å². The molecule has 66 valence electrons. The van der Waals surface area contributed by atoms with Crippen molar-refractivity contribution < 1.29 is 0 Å².